The van der Waals surface area contributed by atoms with Gasteiger partial charge in [0.05, 0.1) is 11.6 Å². The molecule has 32 heavy (non-hydrogen) atoms. The Morgan fingerprint density at radius 3 is 1.44 bits per heavy atom. The van der Waals surface area contributed by atoms with Crippen molar-refractivity contribution < 1.29 is 19.2 Å². The number of hydrogen-bond donors (Lipinski definition) is 0. The number of carbonyl (C=O) groups excluding carboxylic acids is 4. The van der Waals surface area contributed by atoms with Crippen molar-refractivity contribution >= 4 is 53.4 Å². The largest absolute Gasteiger partial charge is 0.281 e. The van der Waals surface area contributed by atoms with Gasteiger partial charge < -0.3 is 0 Å². The molecule has 0 unspecified atom stereocenters. The summed E-state index contributed by atoms with van der Waals surface area (Å²) in [5.74, 6) is 0.0266. The third-order valence-electron chi connectivity index (χ3n) is 5.24. The molecule has 2 heterocycles. The van der Waals surface area contributed by atoms with Crippen LogP contribution in [0.2, 0.25) is 0 Å². The molecule has 2 aromatic carbocycles. The van der Waals surface area contributed by atoms with Crippen molar-refractivity contribution in [3.8, 4) is 0 Å². The molecule has 6 nitrogen and oxygen atoms in total. The van der Waals surface area contributed by atoms with Crippen molar-refractivity contribution in [3.63, 3.8) is 0 Å². The fraction of sp³-hybridized carbons (Fsp3) is 0.304. The van der Waals surface area contributed by atoms with Crippen molar-refractivity contribution in [3.05, 3.63) is 71.8 Å². The van der Waals surface area contributed by atoms with Crippen LogP contribution in [0.1, 0.15) is 48.4 Å². The van der Waals surface area contributed by atoms with Crippen LogP contribution in [0.4, 0.5) is 0 Å². The Hall–Kier alpha value is -2.27. The van der Waals surface area contributed by atoms with Gasteiger partial charge in [0, 0.05) is 25.7 Å². The van der Waals surface area contributed by atoms with Gasteiger partial charge in [0.15, 0.2) is 0 Å². The second kappa shape index (κ2) is 11.0. The van der Waals surface area contributed by atoms with Crippen LogP contribution in [0, 0.1) is 0 Å². The van der Waals surface area contributed by atoms with Crippen molar-refractivity contribution in [2.45, 2.75) is 37.2 Å². The van der Waals surface area contributed by atoms with Crippen LogP contribution in [-0.4, -0.2) is 39.0 Å². The van der Waals surface area contributed by atoms with Gasteiger partial charge in [-0.1, -0.05) is 60.7 Å². The second-order valence-corrected chi connectivity index (χ2v) is 10.6. The Balaban J connectivity index is 0.000000312. The molecule has 2 aliphatic rings. The molecule has 2 aromatic rings. The highest BCUT2D eigenvalue weighted by molar-refractivity contribution is 7.57. The number of rotatable bonds is 5. The first-order valence-corrected chi connectivity index (χ1v) is 12.8. The summed E-state index contributed by atoms with van der Waals surface area (Å²) < 4.78 is 0. The molecule has 0 bridgehead atoms. The Labute approximate surface area is 198 Å². The number of benzene rings is 2. The number of hydrazine groups is 1. The Morgan fingerprint density at radius 2 is 1.12 bits per heavy atom. The number of carbonyl (C=O) groups is 4. The van der Waals surface area contributed by atoms with Crippen molar-refractivity contribution in [2.75, 3.05) is 6.66 Å². The normalized spacial score (nSPS) is 20.5. The summed E-state index contributed by atoms with van der Waals surface area (Å²) in [6.45, 7) is 2.20. The van der Waals surface area contributed by atoms with Crippen LogP contribution in [-0.2, 0) is 19.2 Å². The van der Waals surface area contributed by atoms with Gasteiger partial charge in [0.2, 0.25) is 22.3 Å². The topological polar surface area (TPSA) is 74.8 Å². The zero-order valence-corrected chi connectivity index (χ0v) is 19.9. The van der Waals surface area contributed by atoms with E-state index in [1.54, 1.807) is 10.0 Å². The number of nitrogens with zero attached hydrogens (tertiary/aromatic N) is 2. The first-order valence-electron chi connectivity index (χ1n) is 10.1. The van der Waals surface area contributed by atoms with E-state index in [0.29, 0.717) is 12.8 Å². The Bertz CT molecular complexity index is 911. The highest BCUT2D eigenvalue weighted by Gasteiger charge is 2.52. The van der Waals surface area contributed by atoms with Gasteiger partial charge in [0.1, 0.15) is 0 Å². The third kappa shape index (κ3) is 5.55. The standard InChI is InChI=1S/C19H19N2O2P.C4H4Cl2O2/c1-24-18(14-8-4-2-5-9-14)20-16(22)12-13-17(23)21(20)19(24)15-10-6-3-7-11-15;5-3(7)1-2-4(6)8/h2-11,18-19H,12-13H2,1H3;1-2H2/t18-,19-;/m0./s1. The first-order chi connectivity index (χ1) is 15.3. The zero-order valence-electron chi connectivity index (χ0n) is 17.5. The molecule has 0 radical (unpaired) electrons. The van der Waals surface area contributed by atoms with Crippen molar-refractivity contribution in [1.82, 2.24) is 10.0 Å². The molecule has 2 saturated heterocycles. The van der Waals surface area contributed by atoms with E-state index in [1.807, 2.05) is 36.4 Å². The van der Waals surface area contributed by atoms with Crippen LogP contribution in [0.25, 0.3) is 0 Å². The maximum Gasteiger partial charge on any atom is 0.242 e. The summed E-state index contributed by atoms with van der Waals surface area (Å²) in [7, 11) is -0.638. The fourth-order valence-corrected chi connectivity index (χ4v) is 6.78. The van der Waals surface area contributed by atoms with Gasteiger partial charge in [-0.3, -0.25) is 19.2 Å². The zero-order chi connectivity index (χ0) is 23.3. The number of fused-ring (bicyclic) bond motifs is 1. The summed E-state index contributed by atoms with van der Waals surface area (Å²) >= 11 is 9.74. The third-order valence-corrected chi connectivity index (χ3v) is 8.20. The molecule has 0 N–H and O–H groups in total. The van der Waals surface area contributed by atoms with E-state index < -0.39 is 18.4 Å². The predicted octanol–water partition coefficient (Wildman–Crippen LogP) is 5.17. The van der Waals surface area contributed by atoms with E-state index in [4.69, 9.17) is 23.2 Å². The summed E-state index contributed by atoms with van der Waals surface area (Å²) in [5.41, 5.74) is 2.22. The molecule has 2 fully saturated rings. The van der Waals surface area contributed by atoms with Crippen LogP contribution < -0.4 is 0 Å². The average molecular weight is 493 g/mol. The van der Waals surface area contributed by atoms with Gasteiger partial charge in [-0.25, -0.2) is 10.0 Å². The fourth-order valence-electron chi connectivity index (χ4n) is 3.87. The van der Waals surface area contributed by atoms with Gasteiger partial charge in [-0.05, 0) is 48.9 Å². The number of halogens is 2. The van der Waals surface area contributed by atoms with Gasteiger partial charge >= 0.3 is 0 Å². The van der Waals surface area contributed by atoms with E-state index in [9.17, 15) is 19.2 Å². The molecule has 168 valence electrons. The maximum atomic E-state index is 12.7. The Morgan fingerprint density at radius 1 is 0.781 bits per heavy atom. The van der Waals surface area contributed by atoms with E-state index in [0.717, 1.165) is 11.1 Å². The van der Waals surface area contributed by atoms with Crippen LogP contribution in [0.5, 0.6) is 0 Å². The van der Waals surface area contributed by atoms with Gasteiger partial charge in [-0.15, -0.1) is 0 Å². The van der Waals surface area contributed by atoms with E-state index >= 15 is 0 Å². The lowest BCUT2D eigenvalue weighted by atomic mass is 10.1. The SMILES string of the molecule is CP1[C@@H](c2ccccc2)N2C(=O)CCC(=O)N2[C@@H]1c1ccccc1.O=C(Cl)CCC(=O)Cl. The monoisotopic (exact) mass is 492 g/mol. The maximum absolute atomic E-state index is 12.7. The Kier molecular flexibility index (Phi) is 8.41. The molecule has 2 amide bonds. The molecule has 0 aromatic heterocycles. The van der Waals surface area contributed by atoms with Gasteiger partial charge in [-0.2, -0.15) is 0 Å². The van der Waals surface area contributed by atoms with E-state index in [-0.39, 0.29) is 36.2 Å². The lowest BCUT2D eigenvalue weighted by molar-refractivity contribution is -0.171. The van der Waals surface area contributed by atoms with Crippen molar-refractivity contribution in [1.29, 1.82) is 0 Å². The molecule has 0 saturated carbocycles. The van der Waals surface area contributed by atoms with Crippen LogP contribution >= 0.6 is 31.1 Å². The summed E-state index contributed by atoms with van der Waals surface area (Å²) in [6, 6.07) is 20.2. The lowest BCUT2D eigenvalue weighted by Crippen LogP contribution is -2.50. The highest BCUT2D eigenvalue weighted by atomic mass is 35.5. The molecule has 2 aliphatic heterocycles. The molecular formula is C23H23Cl2N2O4P. The number of hydrogen-bond acceptors (Lipinski definition) is 4. The molecule has 9 heteroatoms. The van der Waals surface area contributed by atoms with Crippen molar-refractivity contribution in [2.24, 2.45) is 0 Å². The molecule has 4 rings (SSSR count). The minimum absolute atomic E-state index is 0.0316. The highest BCUT2D eigenvalue weighted by Crippen LogP contribution is 2.68. The summed E-state index contributed by atoms with van der Waals surface area (Å²) in [6.07, 6.45) is 0.681. The molecule has 0 spiro atoms. The summed E-state index contributed by atoms with van der Waals surface area (Å²) in [4.78, 5) is 45.1. The number of amides is 2. The quantitative estimate of drug-likeness (QED) is 0.426. The molecule has 2 atom stereocenters. The minimum Gasteiger partial charge on any atom is -0.281 e. The summed E-state index contributed by atoms with van der Waals surface area (Å²) in [5, 5.41) is 2.42. The van der Waals surface area contributed by atoms with Crippen LogP contribution in [0.15, 0.2) is 60.7 Å². The predicted molar refractivity (Wildman–Crippen MR) is 125 cm³/mol. The van der Waals surface area contributed by atoms with Crippen LogP contribution in [0.3, 0.4) is 0 Å². The smallest absolute Gasteiger partial charge is 0.242 e. The van der Waals surface area contributed by atoms with Gasteiger partial charge in [0.25, 0.3) is 0 Å². The second-order valence-electron chi connectivity index (χ2n) is 7.42. The minimum atomic E-state index is -0.638. The average Bonchev–Trinajstić information content (AvgIpc) is 3.10. The van der Waals surface area contributed by atoms with E-state index in [1.165, 1.54) is 0 Å². The first kappa shape index (κ1) is 24.4. The molecular weight excluding hydrogens is 470 g/mol. The van der Waals surface area contributed by atoms with E-state index in [2.05, 4.69) is 30.9 Å². The lowest BCUT2D eigenvalue weighted by Gasteiger charge is -2.37. The molecule has 0 aliphatic carbocycles.